The van der Waals surface area contributed by atoms with Crippen molar-refractivity contribution in [3.05, 3.63) is 36.4 Å². The van der Waals surface area contributed by atoms with Crippen molar-refractivity contribution in [3.8, 4) is 0 Å². The Hall–Kier alpha value is -5.66. The van der Waals surface area contributed by atoms with Crippen LogP contribution in [0.5, 0.6) is 0 Å². The molecule has 11 nitrogen and oxygen atoms in total. The number of H-pyrrole nitrogens is 3. The van der Waals surface area contributed by atoms with Crippen LogP contribution in [0.25, 0.3) is 65.4 Å². The number of hydrogen-bond donors (Lipinski definition) is 10. The van der Waals surface area contributed by atoms with Gasteiger partial charge in [0, 0.05) is 48.9 Å². The second kappa shape index (κ2) is 7.92. The first-order valence-electron chi connectivity index (χ1n) is 11.7. The number of nitrogens with two attached hydrogens (primary N) is 6. The van der Waals surface area contributed by atoms with E-state index in [0.29, 0.717) is 34.1 Å². The number of aliphatic carboxylic acids is 1. The van der Waals surface area contributed by atoms with Gasteiger partial charge in [-0.05, 0) is 36.4 Å². The summed E-state index contributed by atoms with van der Waals surface area (Å²) in [6.07, 6.45) is -5.08. The van der Waals surface area contributed by atoms with Gasteiger partial charge in [0.15, 0.2) is 0 Å². The summed E-state index contributed by atoms with van der Waals surface area (Å²) in [6, 6.07) is 11.3. The normalized spacial score (nSPS) is 12.2. The predicted molar refractivity (Wildman–Crippen MR) is 155 cm³/mol. The lowest BCUT2D eigenvalue weighted by Gasteiger charge is -2.03. The van der Waals surface area contributed by atoms with E-state index in [9.17, 15) is 13.2 Å². The van der Waals surface area contributed by atoms with Crippen molar-refractivity contribution in [1.29, 1.82) is 0 Å². The van der Waals surface area contributed by atoms with Crippen molar-refractivity contribution < 1.29 is 23.1 Å². The molecule has 0 fully saturated rings. The molecule has 0 atom stereocenters. The molecule has 0 amide bonds. The number of benzene rings is 4. The summed E-state index contributed by atoms with van der Waals surface area (Å²) in [5.74, 6) is -2.76. The molecular formula is C26H22F3N9O2. The molecule has 7 aromatic rings. The fourth-order valence-electron chi connectivity index (χ4n) is 5.17. The summed E-state index contributed by atoms with van der Waals surface area (Å²) in [7, 11) is 0. The summed E-state index contributed by atoms with van der Waals surface area (Å²) >= 11 is 0. The summed E-state index contributed by atoms with van der Waals surface area (Å²) in [6.45, 7) is 0. The topological polar surface area (TPSA) is 241 Å². The minimum absolute atomic E-state index is 0.523. The molecule has 7 rings (SSSR count). The molecule has 204 valence electrons. The van der Waals surface area contributed by atoms with E-state index in [1.165, 1.54) is 0 Å². The van der Waals surface area contributed by atoms with Crippen LogP contribution in [-0.2, 0) is 4.79 Å². The van der Waals surface area contributed by atoms with Crippen molar-refractivity contribution in [2.24, 2.45) is 0 Å². The largest absolute Gasteiger partial charge is 0.490 e. The quantitative estimate of drug-likeness (QED) is 0.118. The number of hydrogen-bond acceptors (Lipinski definition) is 7. The number of alkyl halides is 3. The SMILES string of the molecule is Nc1cc2[nH]c3c(c2cc1N)c1[nH]c2cc(N)c(N)cc2c1c1[nH]c2cc(N)c(N)cc2c31.O=C(O)C(F)(F)F. The number of rotatable bonds is 0. The molecule has 14 heteroatoms. The number of anilines is 6. The Morgan fingerprint density at radius 2 is 0.775 bits per heavy atom. The van der Waals surface area contributed by atoms with Gasteiger partial charge in [0.2, 0.25) is 0 Å². The number of carbonyl (C=O) groups is 1. The molecule has 0 saturated heterocycles. The maximum Gasteiger partial charge on any atom is 0.490 e. The van der Waals surface area contributed by atoms with E-state index in [0.717, 1.165) is 65.4 Å². The zero-order valence-corrected chi connectivity index (χ0v) is 20.4. The van der Waals surface area contributed by atoms with Gasteiger partial charge in [-0.25, -0.2) is 4.79 Å². The minimum atomic E-state index is -5.08. The Balaban J connectivity index is 0.000000370. The van der Waals surface area contributed by atoms with E-state index < -0.39 is 12.1 Å². The number of nitrogens with one attached hydrogen (secondary N) is 3. The molecular weight excluding hydrogens is 527 g/mol. The number of aromatic nitrogens is 3. The lowest BCUT2D eigenvalue weighted by molar-refractivity contribution is -0.192. The van der Waals surface area contributed by atoms with Crippen LogP contribution in [-0.4, -0.2) is 32.2 Å². The fraction of sp³-hybridized carbons (Fsp3) is 0.0385. The summed E-state index contributed by atoms with van der Waals surface area (Å²) < 4.78 is 31.7. The smallest absolute Gasteiger partial charge is 0.475 e. The van der Waals surface area contributed by atoms with E-state index in [4.69, 9.17) is 44.3 Å². The lowest BCUT2D eigenvalue weighted by Crippen LogP contribution is -2.21. The van der Waals surface area contributed by atoms with Gasteiger partial charge in [-0.3, -0.25) is 0 Å². The molecule has 0 bridgehead atoms. The highest BCUT2D eigenvalue weighted by Gasteiger charge is 2.38. The number of carboxylic acids is 1. The number of nitrogen functional groups attached to an aromatic ring is 6. The first-order chi connectivity index (χ1) is 18.8. The van der Waals surface area contributed by atoms with Crippen LogP contribution in [0.2, 0.25) is 0 Å². The van der Waals surface area contributed by atoms with Crippen molar-refractivity contribution in [2.75, 3.05) is 34.4 Å². The molecule has 0 spiro atoms. The van der Waals surface area contributed by atoms with Crippen molar-refractivity contribution >= 4 is 106 Å². The van der Waals surface area contributed by atoms with Crippen LogP contribution in [0.3, 0.4) is 0 Å². The average molecular weight is 550 g/mol. The van der Waals surface area contributed by atoms with Crippen LogP contribution in [0.1, 0.15) is 0 Å². The molecule has 0 unspecified atom stereocenters. The third-order valence-electron chi connectivity index (χ3n) is 7.00. The van der Waals surface area contributed by atoms with Crippen molar-refractivity contribution in [2.45, 2.75) is 6.18 Å². The first-order valence-corrected chi connectivity index (χ1v) is 11.7. The second-order valence-electron chi connectivity index (χ2n) is 9.51. The number of carboxylic acid groups (broad SMARTS) is 1. The monoisotopic (exact) mass is 549 g/mol. The minimum Gasteiger partial charge on any atom is -0.475 e. The van der Waals surface area contributed by atoms with E-state index in [2.05, 4.69) is 15.0 Å². The van der Waals surface area contributed by atoms with Gasteiger partial charge >= 0.3 is 12.1 Å². The molecule has 4 aromatic carbocycles. The highest BCUT2D eigenvalue weighted by atomic mass is 19.4. The molecule has 3 heterocycles. The van der Waals surface area contributed by atoms with Gasteiger partial charge in [0.25, 0.3) is 0 Å². The third kappa shape index (κ3) is 3.42. The highest BCUT2D eigenvalue weighted by molar-refractivity contribution is 6.39. The molecule has 0 aliphatic carbocycles. The molecule has 0 saturated carbocycles. The molecule has 0 radical (unpaired) electrons. The van der Waals surface area contributed by atoms with Crippen LogP contribution in [0, 0.1) is 0 Å². The highest BCUT2D eigenvalue weighted by Crippen LogP contribution is 2.46. The van der Waals surface area contributed by atoms with E-state index >= 15 is 0 Å². The molecule has 16 N–H and O–H groups in total. The van der Waals surface area contributed by atoms with Gasteiger partial charge in [-0.2, -0.15) is 13.2 Å². The maximum absolute atomic E-state index is 10.6. The van der Waals surface area contributed by atoms with E-state index in [1.54, 1.807) is 0 Å². The summed E-state index contributed by atoms with van der Waals surface area (Å²) in [4.78, 5) is 19.6. The average Bonchev–Trinajstić information content (AvgIpc) is 3.51. The number of aromatic amines is 3. The third-order valence-corrected chi connectivity index (χ3v) is 7.00. The van der Waals surface area contributed by atoms with E-state index in [-0.39, 0.29) is 0 Å². The standard InChI is InChI=1S/C24H21N9.C2HF3O2/c25-10-1-7-16(4-13(10)28)31-22-19(7)23-21(8-2-11(26)14(29)5-17(8)32-23)24-20(22)9-3-12(27)15(30)6-18(9)33-24;3-2(4,5)1(6)7/h1-6,31-33H,25-30H2;(H,6,7). The van der Waals surface area contributed by atoms with Crippen LogP contribution < -0.4 is 34.4 Å². The second-order valence-corrected chi connectivity index (χ2v) is 9.51. The Labute approximate surface area is 220 Å². The molecule has 0 aliphatic rings. The van der Waals surface area contributed by atoms with Crippen LogP contribution in [0.15, 0.2) is 36.4 Å². The van der Waals surface area contributed by atoms with Gasteiger partial charge in [-0.1, -0.05) is 0 Å². The van der Waals surface area contributed by atoms with Crippen molar-refractivity contribution in [1.82, 2.24) is 15.0 Å². The summed E-state index contributed by atoms with van der Waals surface area (Å²) in [5, 5.41) is 13.0. The summed E-state index contributed by atoms with van der Waals surface area (Å²) in [5.41, 5.74) is 45.6. The Morgan fingerprint density at radius 1 is 0.550 bits per heavy atom. The molecule has 40 heavy (non-hydrogen) atoms. The number of halogens is 3. The van der Waals surface area contributed by atoms with Gasteiger partial charge in [0.1, 0.15) is 0 Å². The van der Waals surface area contributed by atoms with Crippen molar-refractivity contribution in [3.63, 3.8) is 0 Å². The fourth-order valence-corrected chi connectivity index (χ4v) is 5.17. The first kappa shape index (κ1) is 24.7. The van der Waals surface area contributed by atoms with Crippen LogP contribution >= 0.6 is 0 Å². The Bertz CT molecular complexity index is 1950. The molecule has 0 aliphatic heterocycles. The predicted octanol–water partition coefficient (Wildman–Crippen LogP) is 4.72. The zero-order valence-electron chi connectivity index (χ0n) is 20.4. The Morgan fingerprint density at radius 3 is 1.00 bits per heavy atom. The van der Waals surface area contributed by atoms with E-state index in [1.807, 2.05) is 36.4 Å². The van der Waals surface area contributed by atoms with Gasteiger partial charge in [-0.15, -0.1) is 0 Å². The zero-order chi connectivity index (χ0) is 28.8. The lowest BCUT2D eigenvalue weighted by atomic mass is 10.0. The Kier molecular flexibility index (Phi) is 4.89. The van der Waals surface area contributed by atoms with Gasteiger partial charge < -0.3 is 54.5 Å². The molecule has 3 aromatic heterocycles. The van der Waals surface area contributed by atoms with Crippen LogP contribution in [0.4, 0.5) is 47.3 Å². The maximum atomic E-state index is 10.6. The number of fused-ring (bicyclic) bond motifs is 12. The van der Waals surface area contributed by atoms with Gasteiger partial charge in [0.05, 0.1) is 50.7 Å².